The van der Waals surface area contributed by atoms with E-state index < -0.39 is 0 Å². The summed E-state index contributed by atoms with van der Waals surface area (Å²) < 4.78 is 0. The van der Waals surface area contributed by atoms with Crippen molar-refractivity contribution in [1.29, 1.82) is 0 Å². The van der Waals surface area contributed by atoms with E-state index in [4.69, 9.17) is 0 Å². The van der Waals surface area contributed by atoms with E-state index in [0.717, 1.165) is 24.5 Å². The second kappa shape index (κ2) is 3.63. The van der Waals surface area contributed by atoms with Gasteiger partial charge in [0.15, 0.2) is 0 Å². The molecule has 1 nitrogen and oxygen atoms in total. The Labute approximate surface area is 67.2 Å². The van der Waals surface area contributed by atoms with E-state index in [2.05, 4.69) is 13.8 Å². The van der Waals surface area contributed by atoms with Gasteiger partial charge in [-0.1, -0.05) is 13.8 Å². The molecular weight excluding hydrogens is 144 g/mol. The molecule has 1 heterocycles. The maximum atomic E-state index is 9.32. The van der Waals surface area contributed by atoms with Crippen molar-refractivity contribution in [2.45, 2.75) is 38.0 Å². The SMILES string of the molecule is CC(C)[C@H]1C[C@@H](O)CCS1. The van der Waals surface area contributed by atoms with Gasteiger partial charge in [0.05, 0.1) is 6.10 Å². The van der Waals surface area contributed by atoms with E-state index in [1.54, 1.807) is 0 Å². The zero-order valence-electron chi connectivity index (χ0n) is 6.71. The van der Waals surface area contributed by atoms with Crippen molar-refractivity contribution in [2.75, 3.05) is 5.75 Å². The van der Waals surface area contributed by atoms with Crippen LogP contribution in [0, 0.1) is 5.92 Å². The molecule has 2 atom stereocenters. The van der Waals surface area contributed by atoms with Crippen LogP contribution in [-0.4, -0.2) is 22.2 Å². The van der Waals surface area contributed by atoms with Crippen LogP contribution in [0.1, 0.15) is 26.7 Å². The highest BCUT2D eigenvalue weighted by atomic mass is 32.2. The first-order chi connectivity index (χ1) is 4.70. The van der Waals surface area contributed by atoms with Crippen LogP contribution in [0.3, 0.4) is 0 Å². The molecule has 0 aromatic heterocycles. The number of rotatable bonds is 1. The van der Waals surface area contributed by atoms with Crippen molar-refractivity contribution in [1.82, 2.24) is 0 Å². The fraction of sp³-hybridized carbons (Fsp3) is 1.00. The highest BCUT2D eigenvalue weighted by Gasteiger charge is 2.22. The maximum Gasteiger partial charge on any atom is 0.0558 e. The summed E-state index contributed by atoms with van der Waals surface area (Å²) in [6.07, 6.45) is 1.98. The average molecular weight is 160 g/mol. The first kappa shape index (κ1) is 8.41. The second-order valence-electron chi connectivity index (χ2n) is 3.33. The Morgan fingerprint density at radius 2 is 2.20 bits per heavy atom. The van der Waals surface area contributed by atoms with Crippen molar-refractivity contribution >= 4 is 11.8 Å². The van der Waals surface area contributed by atoms with Crippen molar-refractivity contribution in [3.8, 4) is 0 Å². The molecule has 1 saturated heterocycles. The molecule has 0 spiro atoms. The lowest BCUT2D eigenvalue weighted by atomic mass is 10.0. The molecule has 1 aliphatic heterocycles. The summed E-state index contributed by atoms with van der Waals surface area (Å²) in [5.74, 6) is 1.87. The van der Waals surface area contributed by atoms with Gasteiger partial charge in [-0.3, -0.25) is 0 Å². The number of hydrogen-bond donors (Lipinski definition) is 1. The molecule has 1 fully saturated rings. The molecule has 0 aromatic carbocycles. The largest absolute Gasteiger partial charge is 0.393 e. The Morgan fingerprint density at radius 3 is 2.60 bits per heavy atom. The van der Waals surface area contributed by atoms with Crippen LogP contribution >= 0.6 is 11.8 Å². The lowest BCUT2D eigenvalue weighted by Gasteiger charge is -2.28. The van der Waals surface area contributed by atoms with Gasteiger partial charge in [-0.05, 0) is 24.5 Å². The third-order valence-corrected chi connectivity index (χ3v) is 3.67. The quantitative estimate of drug-likeness (QED) is 0.632. The van der Waals surface area contributed by atoms with Gasteiger partial charge in [0.2, 0.25) is 0 Å². The summed E-state index contributed by atoms with van der Waals surface area (Å²) in [5, 5.41) is 10.0. The fourth-order valence-electron chi connectivity index (χ4n) is 1.27. The highest BCUT2D eigenvalue weighted by molar-refractivity contribution is 7.99. The van der Waals surface area contributed by atoms with Gasteiger partial charge in [-0.25, -0.2) is 0 Å². The molecule has 1 aliphatic rings. The zero-order valence-corrected chi connectivity index (χ0v) is 7.53. The molecule has 1 N–H and O–H groups in total. The summed E-state index contributed by atoms with van der Waals surface area (Å²) in [7, 11) is 0. The topological polar surface area (TPSA) is 20.2 Å². The smallest absolute Gasteiger partial charge is 0.0558 e. The second-order valence-corrected chi connectivity index (χ2v) is 4.68. The van der Waals surface area contributed by atoms with E-state index in [9.17, 15) is 5.11 Å². The molecule has 0 amide bonds. The van der Waals surface area contributed by atoms with Crippen molar-refractivity contribution in [3.05, 3.63) is 0 Å². The normalized spacial score (nSPS) is 34.8. The maximum absolute atomic E-state index is 9.32. The van der Waals surface area contributed by atoms with E-state index in [-0.39, 0.29) is 6.10 Å². The molecular formula is C8H16OS. The first-order valence-electron chi connectivity index (χ1n) is 4.00. The minimum absolute atomic E-state index is 0.0198. The predicted molar refractivity (Wildman–Crippen MR) is 46.3 cm³/mol. The van der Waals surface area contributed by atoms with E-state index in [1.165, 1.54) is 0 Å². The van der Waals surface area contributed by atoms with Gasteiger partial charge in [-0.15, -0.1) is 0 Å². The predicted octanol–water partition coefficient (Wildman–Crippen LogP) is 1.90. The first-order valence-corrected chi connectivity index (χ1v) is 5.04. The van der Waals surface area contributed by atoms with Crippen LogP contribution < -0.4 is 0 Å². The minimum Gasteiger partial charge on any atom is -0.393 e. The van der Waals surface area contributed by atoms with Gasteiger partial charge in [0.1, 0.15) is 0 Å². The average Bonchev–Trinajstić information content (AvgIpc) is 1.88. The molecule has 0 bridgehead atoms. The van der Waals surface area contributed by atoms with Crippen LogP contribution in [0.15, 0.2) is 0 Å². The van der Waals surface area contributed by atoms with Crippen molar-refractivity contribution in [3.63, 3.8) is 0 Å². The number of aliphatic hydroxyl groups excluding tert-OH is 1. The molecule has 0 aromatic rings. The standard InChI is InChI=1S/C8H16OS/c1-6(2)8-5-7(9)3-4-10-8/h6-9H,3-5H2,1-2H3/t7-,8+/m0/s1. The Balaban J connectivity index is 2.32. The van der Waals surface area contributed by atoms with E-state index in [1.807, 2.05) is 11.8 Å². The molecule has 10 heavy (non-hydrogen) atoms. The lowest BCUT2D eigenvalue weighted by Crippen LogP contribution is -2.25. The summed E-state index contributed by atoms with van der Waals surface area (Å²) in [6, 6.07) is 0. The van der Waals surface area contributed by atoms with Crippen molar-refractivity contribution < 1.29 is 5.11 Å². The van der Waals surface area contributed by atoms with E-state index in [0.29, 0.717) is 5.25 Å². The molecule has 0 unspecified atom stereocenters. The van der Waals surface area contributed by atoms with Crippen LogP contribution in [-0.2, 0) is 0 Å². The zero-order chi connectivity index (χ0) is 7.56. The Hall–Kier alpha value is 0.310. The Kier molecular flexibility index (Phi) is 3.05. The monoisotopic (exact) mass is 160 g/mol. The Bertz CT molecular complexity index is 103. The third-order valence-electron chi connectivity index (χ3n) is 2.03. The molecule has 0 saturated carbocycles. The van der Waals surface area contributed by atoms with Gasteiger partial charge >= 0.3 is 0 Å². The third kappa shape index (κ3) is 2.17. The molecule has 1 rings (SSSR count). The van der Waals surface area contributed by atoms with Gasteiger partial charge < -0.3 is 5.11 Å². The molecule has 60 valence electrons. The molecule has 0 aliphatic carbocycles. The highest BCUT2D eigenvalue weighted by Crippen LogP contribution is 2.30. The van der Waals surface area contributed by atoms with E-state index >= 15 is 0 Å². The number of hydrogen-bond acceptors (Lipinski definition) is 2. The van der Waals surface area contributed by atoms with Gasteiger partial charge in [0, 0.05) is 5.25 Å². The summed E-state index contributed by atoms with van der Waals surface area (Å²) >= 11 is 2.02. The van der Waals surface area contributed by atoms with Gasteiger partial charge in [0.25, 0.3) is 0 Å². The molecule has 0 radical (unpaired) electrons. The number of thioether (sulfide) groups is 1. The summed E-state index contributed by atoms with van der Waals surface area (Å²) in [4.78, 5) is 0. The molecule has 2 heteroatoms. The lowest BCUT2D eigenvalue weighted by molar-refractivity contribution is 0.151. The fourth-order valence-corrected chi connectivity index (χ4v) is 2.73. The summed E-state index contributed by atoms with van der Waals surface area (Å²) in [5.41, 5.74) is 0. The van der Waals surface area contributed by atoms with Crippen molar-refractivity contribution in [2.24, 2.45) is 5.92 Å². The van der Waals surface area contributed by atoms with Crippen LogP contribution in [0.25, 0.3) is 0 Å². The minimum atomic E-state index is -0.0198. The van der Waals surface area contributed by atoms with Gasteiger partial charge in [-0.2, -0.15) is 11.8 Å². The number of aliphatic hydroxyl groups is 1. The summed E-state index contributed by atoms with van der Waals surface area (Å²) in [6.45, 7) is 4.46. The van der Waals surface area contributed by atoms with Crippen LogP contribution in [0.5, 0.6) is 0 Å². The Morgan fingerprint density at radius 1 is 1.50 bits per heavy atom. The van der Waals surface area contributed by atoms with Crippen LogP contribution in [0.4, 0.5) is 0 Å². The van der Waals surface area contributed by atoms with Crippen LogP contribution in [0.2, 0.25) is 0 Å².